The van der Waals surface area contributed by atoms with Gasteiger partial charge in [-0.1, -0.05) is 42.0 Å². The van der Waals surface area contributed by atoms with Gasteiger partial charge in [-0.05, 0) is 75.4 Å². The van der Waals surface area contributed by atoms with Gasteiger partial charge in [-0.25, -0.2) is 0 Å². The molecule has 0 aromatic heterocycles. The lowest BCUT2D eigenvalue weighted by Gasteiger charge is -2.54. The van der Waals surface area contributed by atoms with E-state index < -0.39 is 0 Å². The Bertz CT molecular complexity index is 815. The SMILES string of the molecule is Cc1ccc(CN(C(=O)Cc2ccc(OC(C)C)cc2)C2C3CNCC2C3)cc1. The predicted octanol–water partition coefficient (Wildman–Crippen LogP) is 3.96. The molecule has 2 aliphatic rings. The average molecular weight is 393 g/mol. The standard InChI is InChI=1S/C25H32N2O2/c1-17(2)29-23-10-8-19(9-11-23)12-24(28)27(16-20-6-4-18(3)5-7-20)25-21-13-22(25)15-26-14-21/h4-11,17,21-22,25-26H,12-16H2,1-3H3. The molecule has 1 saturated heterocycles. The van der Waals surface area contributed by atoms with Crippen molar-refractivity contribution >= 4 is 5.91 Å². The number of rotatable bonds is 7. The summed E-state index contributed by atoms with van der Waals surface area (Å²) in [5, 5.41) is 3.50. The minimum Gasteiger partial charge on any atom is -0.491 e. The molecule has 0 radical (unpaired) electrons. The molecule has 0 spiro atoms. The van der Waals surface area contributed by atoms with Crippen molar-refractivity contribution in [1.29, 1.82) is 0 Å². The van der Waals surface area contributed by atoms with Gasteiger partial charge in [0.05, 0.1) is 12.5 Å². The molecule has 4 nitrogen and oxygen atoms in total. The lowest BCUT2D eigenvalue weighted by atomic mass is 9.66. The van der Waals surface area contributed by atoms with Crippen LogP contribution in [0.1, 0.15) is 37.0 Å². The van der Waals surface area contributed by atoms with Crippen LogP contribution in [0.2, 0.25) is 0 Å². The Kier molecular flexibility index (Phi) is 5.91. The lowest BCUT2D eigenvalue weighted by Crippen LogP contribution is -2.64. The van der Waals surface area contributed by atoms with Crippen LogP contribution in [0, 0.1) is 18.8 Å². The summed E-state index contributed by atoms with van der Waals surface area (Å²) in [6, 6.07) is 16.9. The maximum atomic E-state index is 13.4. The highest BCUT2D eigenvalue weighted by atomic mass is 16.5. The highest BCUT2D eigenvalue weighted by Gasteiger charge is 2.48. The topological polar surface area (TPSA) is 41.6 Å². The molecule has 2 unspecified atom stereocenters. The molecule has 1 saturated carbocycles. The second kappa shape index (κ2) is 8.58. The number of nitrogens with zero attached hydrogens (tertiary/aromatic N) is 1. The number of nitrogens with one attached hydrogen (secondary N) is 1. The van der Waals surface area contributed by atoms with Gasteiger partial charge in [0.25, 0.3) is 0 Å². The second-order valence-corrected chi connectivity index (χ2v) is 8.90. The van der Waals surface area contributed by atoms with Crippen molar-refractivity contribution in [1.82, 2.24) is 10.2 Å². The van der Waals surface area contributed by atoms with E-state index in [4.69, 9.17) is 4.74 Å². The molecule has 4 heteroatoms. The summed E-state index contributed by atoms with van der Waals surface area (Å²) < 4.78 is 5.72. The summed E-state index contributed by atoms with van der Waals surface area (Å²) in [5.74, 6) is 2.26. The van der Waals surface area contributed by atoms with Gasteiger partial charge in [-0.3, -0.25) is 4.79 Å². The van der Waals surface area contributed by atoms with Gasteiger partial charge in [-0.2, -0.15) is 0 Å². The summed E-state index contributed by atoms with van der Waals surface area (Å²) in [7, 11) is 0. The van der Waals surface area contributed by atoms with Crippen molar-refractivity contribution in [3.8, 4) is 5.75 Å². The Morgan fingerprint density at radius 2 is 1.66 bits per heavy atom. The Labute approximate surface area is 174 Å². The molecular formula is C25H32N2O2. The fourth-order valence-electron chi connectivity index (χ4n) is 4.71. The molecule has 2 fully saturated rings. The fraction of sp³-hybridized carbons (Fsp3) is 0.480. The normalized spacial score (nSPS) is 22.8. The number of hydrogen-bond acceptors (Lipinski definition) is 3. The first-order chi connectivity index (χ1) is 14.0. The van der Waals surface area contributed by atoms with Crippen molar-refractivity contribution in [2.45, 2.75) is 52.3 Å². The van der Waals surface area contributed by atoms with Crippen molar-refractivity contribution in [3.05, 3.63) is 65.2 Å². The van der Waals surface area contributed by atoms with Gasteiger partial charge < -0.3 is 15.0 Å². The zero-order chi connectivity index (χ0) is 20.4. The van der Waals surface area contributed by atoms with Crippen molar-refractivity contribution < 1.29 is 9.53 Å². The predicted molar refractivity (Wildman–Crippen MR) is 116 cm³/mol. The minimum absolute atomic E-state index is 0.152. The van der Waals surface area contributed by atoms with E-state index in [1.54, 1.807) is 0 Å². The highest BCUT2D eigenvalue weighted by molar-refractivity contribution is 5.79. The molecule has 4 rings (SSSR count). The quantitative estimate of drug-likeness (QED) is 0.775. The number of hydrogen-bond donors (Lipinski definition) is 1. The molecule has 2 aromatic rings. The molecule has 1 aliphatic heterocycles. The van der Waals surface area contributed by atoms with Crippen LogP contribution in [-0.2, 0) is 17.8 Å². The number of benzene rings is 2. The van der Waals surface area contributed by atoms with Gasteiger partial charge in [0.2, 0.25) is 5.91 Å². The Balaban J connectivity index is 1.49. The van der Waals surface area contributed by atoms with E-state index in [1.807, 2.05) is 38.1 Å². The Hall–Kier alpha value is -2.33. The third-order valence-electron chi connectivity index (χ3n) is 6.19. The van der Waals surface area contributed by atoms with Crippen LogP contribution in [0.4, 0.5) is 0 Å². The molecule has 154 valence electrons. The van der Waals surface area contributed by atoms with Gasteiger partial charge in [0.1, 0.15) is 5.75 Å². The van der Waals surface area contributed by atoms with Crippen LogP contribution in [-0.4, -0.2) is 36.0 Å². The smallest absolute Gasteiger partial charge is 0.227 e. The van der Waals surface area contributed by atoms with E-state index in [2.05, 4.69) is 41.4 Å². The van der Waals surface area contributed by atoms with Gasteiger partial charge >= 0.3 is 0 Å². The maximum absolute atomic E-state index is 13.4. The molecule has 1 aliphatic carbocycles. The van der Waals surface area contributed by atoms with Crippen molar-refractivity contribution in [3.63, 3.8) is 0 Å². The fourth-order valence-corrected chi connectivity index (χ4v) is 4.71. The number of carbonyl (C=O) groups excluding carboxylic acids is 1. The third kappa shape index (κ3) is 4.64. The first kappa shape index (κ1) is 20.0. The van der Waals surface area contributed by atoms with Crippen LogP contribution in [0.5, 0.6) is 5.75 Å². The zero-order valence-corrected chi connectivity index (χ0v) is 17.7. The third-order valence-corrected chi connectivity index (χ3v) is 6.19. The van der Waals surface area contributed by atoms with Crippen molar-refractivity contribution in [2.75, 3.05) is 13.1 Å². The first-order valence-corrected chi connectivity index (χ1v) is 10.8. The number of ether oxygens (including phenoxy) is 1. The van der Waals surface area contributed by atoms with E-state index in [-0.39, 0.29) is 12.0 Å². The summed E-state index contributed by atoms with van der Waals surface area (Å²) in [6.45, 7) is 8.89. The number of aryl methyl sites for hydroxylation is 1. The van der Waals surface area contributed by atoms with E-state index in [0.29, 0.717) is 30.8 Å². The minimum atomic E-state index is 0.152. The van der Waals surface area contributed by atoms with E-state index in [1.165, 1.54) is 17.5 Å². The molecule has 2 aromatic carbocycles. The number of carbonyl (C=O) groups is 1. The summed E-state index contributed by atoms with van der Waals surface area (Å²) >= 11 is 0. The largest absolute Gasteiger partial charge is 0.491 e. The molecule has 2 atom stereocenters. The van der Waals surface area contributed by atoms with Crippen LogP contribution in [0.15, 0.2) is 48.5 Å². The monoisotopic (exact) mass is 392 g/mol. The van der Waals surface area contributed by atoms with E-state index in [9.17, 15) is 4.79 Å². The van der Waals surface area contributed by atoms with Crippen LogP contribution < -0.4 is 10.1 Å². The van der Waals surface area contributed by atoms with Crippen LogP contribution in [0.25, 0.3) is 0 Å². The molecular weight excluding hydrogens is 360 g/mol. The van der Waals surface area contributed by atoms with Crippen LogP contribution >= 0.6 is 0 Å². The van der Waals surface area contributed by atoms with Gasteiger partial charge in [0, 0.05) is 12.6 Å². The second-order valence-electron chi connectivity index (χ2n) is 8.90. The van der Waals surface area contributed by atoms with E-state index in [0.717, 1.165) is 24.4 Å². The van der Waals surface area contributed by atoms with Crippen LogP contribution in [0.3, 0.4) is 0 Å². The number of fused-ring (bicyclic) bond motifs is 2. The molecule has 2 bridgehead atoms. The van der Waals surface area contributed by atoms with Crippen molar-refractivity contribution in [2.24, 2.45) is 11.8 Å². The average Bonchev–Trinajstić information content (AvgIpc) is 2.70. The Morgan fingerprint density at radius 3 is 2.24 bits per heavy atom. The molecule has 29 heavy (non-hydrogen) atoms. The van der Waals surface area contributed by atoms with E-state index >= 15 is 0 Å². The number of amides is 1. The number of piperidine rings is 2. The summed E-state index contributed by atoms with van der Waals surface area (Å²) in [4.78, 5) is 15.5. The Morgan fingerprint density at radius 1 is 1.03 bits per heavy atom. The molecule has 1 amide bonds. The highest BCUT2D eigenvalue weighted by Crippen LogP contribution is 2.41. The lowest BCUT2D eigenvalue weighted by molar-refractivity contribution is -0.142. The summed E-state index contributed by atoms with van der Waals surface area (Å²) in [6.07, 6.45) is 1.84. The van der Waals surface area contributed by atoms with Gasteiger partial charge in [0.15, 0.2) is 0 Å². The maximum Gasteiger partial charge on any atom is 0.227 e. The molecule has 1 heterocycles. The summed E-state index contributed by atoms with van der Waals surface area (Å²) in [5.41, 5.74) is 3.50. The molecule has 1 N–H and O–H groups in total. The first-order valence-electron chi connectivity index (χ1n) is 10.8. The zero-order valence-electron chi connectivity index (χ0n) is 17.7. The van der Waals surface area contributed by atoms with Gasteiger partial charge in [-0.15, -0.1) is 0 Å².